The van der Waals surface area contributed by atoms with Crippen molar-refractivity contribution in [3.05, 3.63) is 59.9 Å². The van der Waals surface area contributed by atoms with Crippen LogP contribution in [0.15, 0.2) is 48.5 Å². The second-order valence-electron chi connectivity index (χ2n) is 3.96. The predicted octanol–water partition coefficient (Wildman–Crippen LogP) is 3.60. The number of nitrogens with one attached hydrogen (secondary N) is 1. The molecule has 0 amide bonds. The molecule has 1 nitrogen and oxygen atoms in total. The third kappa shape index (κ3) is 2.92. The van der Waals surface area contributed by atoms with Crippen LogP contribution >= 0.6 is 0 Å². The molecule has 0 saturated heterocycles. The van der Waals surface area contributed by atoms with Gasteiger partial charge in [0.2, 0.25) is 0 Å². The molecule has 2 aromatic carbocycles. The summed E-state index contributed by atoms with van der Waals surface area (Å²) in [6.07, 6.45) is 0. The second-order valence-corrected chi connectivity index (χ2v) is 3.96. The molecule has 0 spiro atoms. The fraction of sp³-hybridized carbons (Fsp3) is 0.200. The summed E-state index contributed by atoms with van der Waals surface area (Å²) in [5, 5.41) is 3.18. The summed E-state index contributed by atoms with van der Waals surface area (Å²) < 4.78 is 13.9. The van der Waals surface area contributed by atoms with E-state index in [0.717, 1.165) is 17.7 Å². The van der Waals surface area contributed by atoms with Gasteiger partial charge in [0.25, 0.3) is 0 Å². The smallest absolute Gasteiger partial charge is 0.131 e. The largest absolute Gasteiger partial charge is 0.313 e. The van der Waals surface area contributed by atoms with Gasteiger partial charge in [-0.25, -0.2) is 4.39 Å². The van der Waals surface area contributed by atoms with Crippen molar-refractivity contribution < 1.29 is 4.39 Å². The third-order valence-electron chi connectivity index (χ3n) is 2.70. The summed E-state index contributed by atoms with van der Waals surface area (Å²) in [5.74, 6) is -0.161. The molecule has 2 aromatic rings. The van der Waals surface area contributed by atoms with E-state index in [0.29, 0.717) is 12.1 Å². The maximum Gasteiger partial charge on any atom is 0.131 e. The zero-order chi connectivity index (χ0) is 12.1. The molecule has 0 saturated carbocycles. The minimum atomic E-state index is -0.161. The summed E-state index contributed by atoms with van der Waals surface area (Å²) >= 11 is 0. The quantitative estimate of drug-likeness (QED) is 0.844. The van der Waals surface area contributed by atoms with Gasteiger partial charge in [0.1, 0.15) is 5.82 Å². The number of hydrogen-bond donors (Lipinski definition) is 1. The highest BCUT2D eigenvalue weighted by Gasteiger charge is 2.05. The Kier molecular flexibility index (Phi) is 3.89. The number of halogens is 1. The summed E-state index contributed by atoms with van der Waals surface area (Å²) in [7, 11) is 0. The average Bonchev–Trinajstić information content (AvgIpc) is 2.37. The molecular formula is C15H16FN. The van der Waals surface area contributed by atoms with Crippen LogP contribution in [0.4, 0.5) is 4.39 Å². The lowest BCUT2D eigenvalue weighted by Crippen LogP contribution is -2.11. The Balaban J connectivity index is 2.26. The van der Waals surface area contributed by atoms with Gasteiger partial charge in [0.05, 0.1) is 0 Å². The van der Waals surface area contributed by atoms with E-state index in [2.05, 4.69) is 5.32 Å². The lowest BCUT2D eigenvalue weighted by atomic mass is 10.0. The Bertz CT molecular complexity index is 480. The van der Waals surface area contributed by atoms with E-state index in [9.17, 15) is 4.39 Å². The summed E-state index contributed by atoms with van der Waals surface area (Å²) in [6, 6.07) is 15.0. The van der Waals surface area contributed by atoms with E-state index in [1.54, 1.807) is 6.07 Å². The van der Waals surface area contributed by atoms with E-state index in [1.807, 2.05) is 49.4 Å². The molecule has 0 unspecified atom stereocenters. The van der Waals surface area contributed by atoms with E-state index < -0.39 is 0 Å². The molecular weight excluding hydrogens is 213 g/mol. The molecule has 17 heavy (non-hydrogen) atoms. The number of hydrogen-bond acceptors (Lipinski definition) is 1. The standard InChI is InChI=1S/C15H16FN/c1-2-17-11-12-8-9-14(15(16)10-12)13-6-4-3-5-7-13/h3-10,17H,2,11H2,1H3. The molecule has 88 valence electrons. The minimum Gasteiger partial charge on any atom is -0.313 e. The highest BCUT2D eigenvalue weighted by Crippen LogP contribution is 2.23. The first-order chi connectivity index (χ1) is 8.31. The Morgan fingerprint density at radius 3 is 2.47 bits per heavy atom. The molecule has 0 bridgehead atoms. The monoisotopic (exact) mass is 229 g/mol. The van der Waals surface area contributed by atoms with Crippen LogP contribution in [-0.4, -0.2) is 6.54 Å². The van der Waals surface area contributed by atoms with Crippen LogP contribution < -0.4 is 5.32 Å². The average molecular weight is 229 g/mol. The van der Waals surface area contributed by atoms with Gasteiger partial charge in [-0.3, -0.25) is 0 Å². The summed E-state index contributed by atoms with van der Waals surface area (Å²) in [6.45, 7) is 3.64. The minimum absolute atomic E-state index is 0.161. The molecule has 2 rings (SSSR count). The van der Waals surface area contributed by atoms with Crippen molar-refractivity contribution in [2.75, 3.05) is 6.54 Å². The zero-order valence-corrected chi connectivity index (χ0v) is 9.91. The predicted molar refractivity (Wildman–Crippen MR) is 69.2 cm³/mol. The van der Waals surface area contributed by atoms with Crippen molar-refractivity contribution in [1.82, 2.24) is 5.32 Å². The topological polar surface area (TPSA) is 12.0 Å². The van der Waals surface area contributed by atoms with Crippen LogP contribution in [0.5, 0.6) is 0 Å². The van der Waals surface area contributed by atoms with Crippen molar-refractivity contribution in [1.29, 1.82) is 0 Å². The van der Waals surface area contributed by atoms with Crippen molar-refractivity contribution in [3.63, 3.8) is 0 Å². The van der Waals surface area contributed by atoms with E-state index in [4.69, 9.17) is 0 Å². The molecule has 0 radical (unpaired) electrons. The second kappa shape index (κ2) is 5.60. The maximum absolute atomic E-state index is 13.9. The van der Waals surface area contributed by atoms with Gasteiger partial charge < -0.3 is 5.32 Å². The first-order valence-electron chi connectivity index (χ1n) is 5.86. The van der Waals surface area contributed by atoms with E-state index in [-0.39, 0.29) is 5.82 Å². The Labute approximate surface area is 101 Å². The molecule has 2 heteroatoms. The van der Waals surface area contributed by atoms with E-state index >= 15 is 0 Å². The van der Waals surface area contributed by atoms with Crippen molar-refractivity contribution in [2.45, 2.75) is 13.5 Å². The lowest BCUT2D eigenvalue weighted by Gasteiger charge is -2.06. The highest BCUT2D eigenvalue weighted by atomic mass is 19.1. The zero-order valence-electron chi connectivity index (χ0n) is 9.91. The SMILES string of the molecule is CCNCc1ccc(-c2ccccc2)c(F)c1. The van der Waals surface area contributed by atoms with Crippen LogP contribution in [-0.2, 0) is 6.54 Å². The van der Waals surface area contributed by atoms with Gasteiger partial charge in [-0.15, -0.1) is 0 Å². The van der Waals surface area contributed by atoms with Crippen LogP contribution in [0.25, 0.3) is 11.1 Å². The van der Waals surface area contributed by atoms with Crippen LogP contribution in [0, 0.1) is 5.82 Å². The van der Waals surface area contributed by atoms with Crippen molar-refractivity contribution in [3.8, 4) is 11.1 Å². The first kappa shape index (κ1) is 11.8. The molecule has 0 heterocycles. The maximum atomic E-state index is 13.9. The molecule has 0 aliphatic heterocycles. The van der Waals surface area contributed by atoms with Gasteiger partial charge in [-0.1, -0.05) is 49.4 Å². The van der Waals surface area contributed by atoms with Gasteiger partial charge in [0.15, 0.2) is 0 Å². The van der Waals surface area contributed by atoms with Crippen LogP contribution in [0.2, 0.25) is 0 Å². The Morgan fingerprint density at radius 2 is 1.82 bits per heavy atom. The van der Waals surface area contributed by atoms with Crippen LogP contribution in [0.3, 0.4) is 0 Å². The third-order valence-corrected chi connectivity index (χ3v) is 2.70. The highest BCUT2D eigenvalue weighted by molar-refractivity contribution is 5.64. The Hall–Kier alpha value is -1.67. The number of benzene rings is 2. The number of rotatable bonds is 4. The molecule has 1 N–H and O–H groups in total. The fourth-order valence-corrected chi connectivity index (χ4v) is 1.79. The lowest BCUT2D eigenvalue weighted by molar-refractivity contribution is 0.625. The molecule has 0 fully saturated rings. The normalized spacial score (nSPS) is 10.5. The van der Waals surface area contributed by atoms with Gasteiger partial charge in [0, 0.05) is 12.1 Å². The molecule has 0 aliphatic rings. The Morgan fingerprint density at radius 1 is 1.06 bits per heavy atom. The van der Waals surface area contributed by atoms with Gasteiger partial charge in [-0.05, 0) is 23.7 Å². The van der Waals surface area contributed by atoms with E-state index in [1.165, 1.54) is 0 Å². The van der Waals surface area contributed by atoms with Gasteiger partial charge >= 0.3 is 0 Å². The first-order valence-corrected chi connectivity index (χ1v) is 5.86. The summed E-state index contributed by atoms with van der Waals surface area (Å²) in [5.41, 5.74) is 2.55. The van der Waals surface area contributed by atoms with Crippen LogP contribution in [0.1, 0.15) is 12.5 Å². The molecule has 0 atom stereocenters. The molecule has 0 aromatic heterocycles. The summed E-state index contributed by atoms with van der Waals surface area (Å²) in [4.78, 5) is 0. The van der Waals surface area contributed by atoms with Crippen molar-refractivity contribution in [2.24, 2.45) is 0 Å². The van der Waals surface area contributed by atoms with Gasteiger partial charge in [-0.2, -0.15) is 0 Å². The van der Waals surface area contributed by atoms with Crippen molar-refractivity contribution >= 4 is 0 Å². The molecule has 0 aliphatic carbocycles. The fourth-order valence-electron chi connectivity index (χ4n) is 1.79.